The number of rotatable bonds is 6. The molecule has 1 atom stereocenters. The summed E-state index contributed by atoms with van der Waals surface area (Å²) in [5.41, 5.74) is -0.404. The SMILES string of the molecule is CSCCCCNC1CCCN(C(=O)OC(C)(C)C)CC1. The molecule has 1 fully saturated rings. The first-order valence-corrected chi connectivity index (χ1v) is 9.52. The van der Waals surface area contributed by atoms with Gasteiger partial charge in [0.15, 0.2) is 0 Å². The lowest BCUT2D eigenvalue weighted by Crippen LogP contribution is -2.38. The van der Waals surface area contributed by atoms with E-state index in [1.807, 2.05) is 37.4 Å². The second-order valence-electron chi connectivity index (χ2n) is 6.75. The van der Waals surface area contributed by atoms with Gasteiger partial charge in [0.05, 0.1) is 0 Å². The van der Waals surface area contributed by atoms with Crippen LogP contribution < -0.4 is 5.32 Å². The zero-order chi connectivity index (χ0) is 15.7. The number of unbranched alkanes of at least 4 members (excludes halogenated alkanes) is 1. The largest absolute Gasteiger partial charge is 0.444 e. The molecule has 1 saturated heterocycles. The predicted octanol–water partition coefficient (Wildman–Crippen LogP) is 3.51. The minimum atomic E-state index is -0.404. The third kappa shape index (κ3) is 8.57. The Hall–Kier alpha value is -0.420. The Morgan fingerprint density at radius 2 is 2.05 bits per heavy atom. The van der Waals surface area contributed by atoms with Gasteiger partial charge in [-0.3, -0.25) is 0 Å². The van der Waals surface area contributed by atoms with Gasteiger partial charge in [-0.15, -0.1) is 0 Å². The highest BCUT2D eigenvalue weighted by molar-refractivity contribution is 7.98. The molecule has 0 saturated carbocycles. The van der Waals surface area contributed by atoms with Crippen LogP contribution in [0.15, 0.2) is 0 Å². The van der Waals surface area contributed by atoms with Crippen LogP contribution in [0.1, 0.15) is 52.9 Å². The average molecular weight is 317 g/mol. The maximum absolute atomic E-state index is 12.1. The summed E-state index contributed by atoms with van der Waals surface area (Å²) in [6, 6.07) is 0.548. The van der Waals surface area contributed by atoms with E-state index in [4.69, 9.17) is 4.74 Å². The summed E-state index contributed by atoms with van der Waals surface area (Å²) in [4.78, 5) is 13.9. The van der Waals surface area contributed by atoms with Crippen molar-refractivity contribution in [3.8, 4) is 0 Å². The van der Waals surface area contributed by atoms with Crippen LogP contribution in [-0.2, 0) is 4.74 Å². The van der Waals surface area contributed by atoms with Crippen LogP contribution in [0.2, 0.25) is 0 Å². The molecule has 0 spiro atoms. The summed E-state index contributed by atoms with van der Waals surface area (Å²) in [6.07, 6.45) is 7.76. The fourth-order valence-electron chi connectivity index (χ4n) is 2.49. The molecule has 1 unspecified atom stereocenters. The molecule has 0 bridgehead atoms. The number of hydrogen-bond acceptors (Lipinski definition) is 4. The van der Waals surface area contributed by atoms with E-state index in [1.165, 1.54) is 18.6 Å². The molecule has 124 valence electrons. The molecular weight excluding hydrogens is 284 g/mol. The Labute approximate surface area is 134 Å². The molecule has 1 aliphatic heterocycles. The lowest BCUT2D eigenvalue weighted by molar-refractivity contribution is 0.0256. The van der Waals surface area contributed by atoms with Crippen molar-refractivity contribution in [1.29, 1.82) is 0 Å². The molecule has 0 radical (unpaired) electrons. The van der Waals surface area contributed by atoms with Gasteiger partial charge in [0.1, 0.15) is 5.60 Å². The molecule has 4 nitrogen and oxygen atoms in total. The van der Waals surface area contributed by atoms with Crippen molar-refractivity contribution in [1.82, 2.24) is 10.2 Å². The Balaban J connectivity index is 2.25. The number of carbonyl (C=O) groups is 1. The Morgan fingerprint density at radius 3 is 2.71 bits per heavy atom. The number of amides is 1. The quantitative estimate of drug-likeness (QED) is 0.761. The van der Waals surface area contributed by atoms with Crippen LogP contribution in [0.4, 0.5) is 4.79 Å². The molecule has 1 aliphatic rings. The monoisotopic (exact) mass is 316 g/mol. The normalized spacial score (nSPS) is 20.2. The van der Waals surface area contributed by atoms with E-state index in [1.54, 1.807) is 0 Å². The van der Waals surface area contributed by atoms with Crippen LogP contribution in [0, 0.1) is 0 Å². The van der Waals surface area contributed by atoms with Crippen molar-refractivity contribution in [3.05, 3.63) is 0 Å². The summed E-state index contributed by atoms with van der Waals surface area (Å²) in [5.74, 6) is 1.25. The van der Waals surface area contributed by atoms with Crippen LogP contribution in [0.3, 0.4) is 0 Å². The van der Waals surface area contributed by atoms with E-state index in [-0.39, 0.29) is 6.09 Å². The summed E-state index contributed by atoms with van der Waals surface area (Å²) >= 11 is 1.91. The van der Waals surface area contributed by atoms with Crippen molar-refractivity contribution in [2.45, 2.75) is 64.5 Å². The molecular formula is C16H32N2O2S. The van der Waals surface area contributed by atoms with Crippen LogP contribution in [0.25, 0.3) is 0 Å². The topological polar surface area (TPSA) is 41.6 Å². The van der Waals surface area contributed by atoms with Crippen molar-refractivity contribution < 1.29 is 9.53 Å². The van der Waals surface area contributed by atoms with Crippen LogP contribution in [-0.4, -0.2) is 54.3 Å². The lowest BCUT2D eigenvalue weighted by atomic mass is 10.1. The van der Waals surface area contributed by atoms with Gasteiger partial charge in [-0.05, 0) is 71.4 Å². The van der Waals surface area contributed by atoms with Gasteiger partial charge in [-0.25, -0.2) is 4.79 Å². The molecule has 5 heteroatoms. The summed E-state index contributed by atoms with van der Waals surface area (Å²) in [6.45, 7) is 8.47. The predicted molar refractivity (Wildman–Crippen MR) is 91.1 cm³/mol. The summed E-state index contributed by atoms with van der Waals surface area (Å²) < 4.78 is 5.46. The number of hydrogen-bond donors (Lipinski definition) is 1. The molecule has 21 heavy (non-hydrogen) atoms. The van der Waals surface area contributed by atoms with Gasteiger partial charge in [0.2, 0.25) is 0 Å². The lowest BCUT2D eigenvalue weighted by Gasteiger charge is -2.26. The number of nitrogens with zero attached hydrogens (tertiary/aromatic N) is 1. The standard InChI is InChI=1S/C16H32N2O2S/c1-16(2,3)20-15(19)18-11-7-8-14(9-12-18)17-10-5-6-13-21-4/h14,17H,5-13H2,1-4H3. The molecule has 0 aromatic rings. The fraction of sp³-hybridized carbons (Fsp3) is 0.938. The van der Waals surface area contributed by atoms with E-state index in [0.29, 0.717) is 6.04 Å². The molecule has 1 N–H and O–H groups in total. The zero-order valence-electron chi connectivity index (χ0n) is 14.1. The Bertz CT molecular complexity index is 305. The van der Waals surface area contributed by atoms with Gasteiger partial charge in [-0.1, -0.05) is 0 Å². The van der Waals surface area contributed by atoms with Gasteiger partial charge in [-0.2, -0.15) is 11.8 Å². The highest BCUT2D eigenvalue weighted by Crippen LogP contribution is 2.15. The Morgan fingerprint density at radius 1 is 1.29 bits per heavy atom. The number of ether oxygens (including phenoxy) is 1. The molecule has 1 amide bonds. The first kappa shape index (κ1) is 18.6. The van der Waals surface area contributed by atoms with E-state index in [2.05, 4.69) is 11.6 Å². The van der Waals surface area contributed by atoms with Crippen LogP contribution >= 0.6 is 11.8 Å². The maximum Gasteiger partial charge on any atom is 0.410 e. The fourth-order valence-corrected chi connectivity index (χ4v) is 2.98. The van der Waals surface area contributed by atoms with Gasteiger partial charge in [0.25, 0.3) is 0 Å². The molecule has 1 heterocycles. The molecule has 0 aliphatic carbocycles. The molecule has 0 aromatic carbocycles. The smallest absolute Gasteiger partial charge is 0.410 e. The number of carbonyl (C=O) groups excluding carboxylic acids is 1. The van der Waals surface area contributed by atoms with Crippen molar-refractivity contribution in [3.63, 3.8) is 0 Å². The summed E-state index contributed by atoms with van der Waals surface area (Å²) in [5, 5.41) is 3.64. The number of thioether (sulfide) groups is 1. The first-order chi connectivity index (χ1) is 9.92. The average Bonchev–Trinajstić information content (AvgIpc) is 2.62. The van der Waals surface area contributed by atoms with E-state index in [0.717, 1.165) is 38.9 Å². The third-order valence-corrected chi connectivity index (χ3v) is 4.28. The Kier molecular flexibility index (Phi) is 8.49. The maximum atomic E-state index is 12.1. The minimum Gasteiger partial charge on any atom is -0.444 e. The molecule has 0 aromatic heterocycles. The minimum absolute atomic E-state index is 0.164. The highest BCUT2D eigenvalue weighted by Gasteiger charge is 2.24. The van der Waals surface area contributed by atoms with E-state index in [9.17, 15) is 4.79 Å². The van der Waals surface area contributed by atoms with Crippen molar-refractivity contribution in [2.24, 2.45) is 0 Å². The number of nitrogens with one attached hydrogen (secondary N) is 1. The third-order valence-electron chi connectivity index (χ3n) is 3.59. The van der Waals surface area contributed by atoms with E-state index >= 15 is 0 Å². The number of likely N-dealkylation sites (tertiary alicyclic amines) is 1. The van der Waals surface area contributed by atoms with Gasteiger partial charge in [0, 0.05) is 19.1 Å². The van der Waals surface area contributed by atoms with Gasteiger partial charge < -0.3 is 15.0 Å². The second kappa shape index (κ2) is 9.57. The van der Waals surface area contributed by atoms with Crippen LogP contribution in [0.5, 0.6) is 0 Å². The van der Waals surface area contributed by atoms with Crippen molar-refractivity contribution in [2.75, 3.05) is 31.6 Å². The van der Waals surface area contributed by atoms with Crippen molar-refractivity contribution >= 4 is 17.9 Å². The van der Waals surface area contributed by atoms with Gasteiger partial charge >= 0.3 is 6.09 Å². The highest BCUT2D eigenvalue weighted by atomic mass is 32.2. The first-order valence-electron chi connectivity index (χ1n) is 8.12. The molecule has 1 rings (SSSR count). The zero-order valence-corrected chi connectivity index (χ0v) is 14.9. The second-order valence-corrected chi connectivity index (χ2v) is 7.73. The van der Waals surface area contributed by atoms with E-state index < -0.39 is 5.60 Å². The summed E-state index contributed by atoms with van der Waals surface area (Å²) in [7, 11) is 0.